The van der Waals surface area contributed by atoms with E-state index in [0.717, 1.165) is 27.5 Å². The van der Waals surface area contributed by atoms with E-state index in [4.69, 9.17) is 17.3 Å². The predicted octanol–water partition coefficient (Wildman–Crippen LogP) is 2.51. The Hall–Kier alpha value is -1.32. The lowest BCUT2D eigenvalue weighted by Crippen LogP contribution is -2.03. The Morgan fingerprint density at radius 3 is 2.75 bits per heavy atom. The van der Waals surface area contributed by atoms with Crippen LogP contribution in [0, 0.1) is 6.92 Å². The standard InChI is InChI=1S/C12H14ClN3/c1-8-3-4-9(13)5-11(8)12-6-10(7-14)16(2)15-12/h3-6H,7,14H2,1-2H3. The molecule has 3 nitrogen and oxygen atoms in total. The van der Waals surface area contributed by atoms with Crippen LogP contribution in [0.2, 0.25) is 5.02 Å². The van der Waals surface area contributed by atoms with Crippen LogP contribution in [0.5, 0.6) is 0 Å². The first-order valence-electron chi connectivity index (χ1n) is 5.11. The molecule has 84 valence electrons. The number of aryl methyl sites for hydroxylation is 2. The molecule has 2 rings (SSSR count). The van der Waals surface area contributed by atoms with Gasteiger partial charge >= 0.3 is 0 Å². The summed E-state index contributed by atoms with van der Waals surface area (Å²) in [5.74, 6) is 0. The van der Waals surface area contributed by atoms with Crippen LogP contribution in [0.15, 0.2) is 24.3 Å². The Labute approximate surface area is 99.8 Å². The largest absolute Gasteiger partial charge is 0.325 e. The number of nitrogens with zero attached hydrogens (tertiary/aromatic N) is 2. The number of halogens is 1. The lowest BCUT2D eigenvalue weighted by atomic mass is 10.1. The Balaban J connectivity index is 2.53. The second-order valence-electron chi connectivity index (χ2n) is 3.81. The van der Waals surface area contributed by atoms with Gasteiger partial charge in [-0.3, -0.25) is 4.68 Å². The van der Waals surface area contributed by atoms with Crippen LogP contribution in [0.4, 0.5) is 0 Å². The Morgan fingerprint density at radius 2 is 2.12 bits per heavy atom. The fraction of sp³-hybridized carbons (Fsp3) is 0.250. The van der Waals surface area contributed by atoms with Crippen molar-refractivity contribution in [1.29, 1.82) is 0 Å². The van der Waals surface area contributed by atoms with Gasteiger partial charge < -0.3 is 5.73 Å². The number of nitrogens with two attached hydrogens (primary N) is 1. The monoisotopic (exact) mass is 235 g/mol. The van der Waals surface area contributed by atoms with Crippen molar-refractivity contribution in [1.82, 2.24) is 9.78 Å². The van der Waals surface area contributed by atoms with E-state index in [1.54, 1.807) is 4.68 Å². The summed E-state index contributed by atoms with van der Waals surface area (Å²) in [5, 5.41) is 5.15. The molecule has 0 unspecified atom stereocenters. The molecule has 1 aromatic carbocycles. The molecule has 0 fully saturated rings. The molecule has 0 atom stereocenters. The first-order valence-corrected chi connectivity index (χ1v) is 5.49. The molecular weight excluding hydrogens is 222 g/mol. The second-order valence-corrected chi connectivity index (χ2v) is 4.24. The van der Waals surface area contributed by atoms with Gasteiger partial charge in [0, 0.05) is 24.2 Å². The second kappa shape index (κ2) is 4.28. The average molecular weight is 236 g/mol. The summed E-state index contributed by atoms with van der Waals surface area (Å²) >= 11 is 5.99. The van der Waals surface area contributed by atoms with Gasteiger partial charge in [-0.25, -0.2) is 0 Å². The highest BCUT2D eigenvalue weighted by Gasteiger charge is 2.08. The van der Waals surface area contributed by atoms with E-state index in [1.807, 2.05) is 38.2 Å². The number of benzene rings is 1. The summed E-state index contributed by atoms with van der Waals surface area (Å²) in [5.41, 5.74) is 9.77. The number of rotatable bonds is 2. The van der Waals surface area contributed by atoms with E-state index >= 15 is 0 Å². The van der Waals surface area contributed by atoms with Crippen LogP contribution in [-0.4, -0.2) is 9.78 Å². The van der Waals surface area contributed by atoms with Crippen LogP contribution in [-0.2, 0) is 13.6 Å². The van der Waals surface area contributed by atoms with Crippen molar-refractivity contribution in [3.8, 4) is 11.3 Å². The molecule has 0 saturated carbocycles. The molecule has 1 heterocycles. The highest BCUT2D eigenvalue weighted by atomic mass is 35.5. The van der Waals surface area contributed by atoms with Gasteiger partial charge in [-0.1, -0.05) is 17.7 Å². The normalized spacial score (nSPS) is 10.8. The summed E-state index contributed by atoms with van der Waals surface area (Å²) < 4.78 is 1.80. The predicted molar refractivity (Wildman–Crippen MR) is 66.3 cm³/mol. The van der Waals surface area contributed by atoms with E-state index < -0.39 is 0 Å². The molecule has 0 aliphatic heterocycles. The van der Waals surface area contributed by atoms with Crippen molar-refractivity contribution in [2.24, 2.45) is 12.8 Å². The highest BCUT2D eigenvalue weighted by molar-refractivity contribution is 6.30. The molecule has 16 heavy (non-hydrogen) atoms. The molecular formula is C12H14ClN3. The molecule has 0 aliphatic carbocycles. The number of aromatic nitrogens is 2. The van der Waals surface area contributed by atoms with Crippen LogP contribution in [0.25, 0.3) is 11.3 Å². The van der Waals surface area contributed by atoms with Gasteiger partial charge in [-0.05, 0) is 30.7 Å². The maximum Gasteiger partial charge on any atom is 0.0929 e. The van der Waals surface area contributed by atoms with E-state index in [1.165, 1.54) is 0 Å². The lowest BCUT2D eigenvalue weighted by Gasteiger charge is -2.02. The molecule has 0 spiro atoms. The van der Waals surface area contributed by atoms with Crippen LogP contribution >= 0.6 is 11.6 Å². The van der Waals surface area contributed by atoms with Gasteiger partial charge in [0.2, 0.25) is 0 Å². The molecule has 0 radical (unpaired) electrons. The highest BCUT2D eigenvalue weighted by Crippen LogP contribution is 2.25. The van der Waals surface area contributed by atoms with Gasteiger partial charge in [0.05, 0.1) is 11.4 Å². The third kappa shape index (κ3) is 1.96. The molecule has 1 aromatic heterocycles. The van der Waals surface area contributed by atoms with Crippen molar-refractivity contribution in [3.05, 3.63) is 40.5 Å². The van der Waals surface area contributed by atoms with Crippen molar-refractivity contribution in [3.63, 3.8) is 0 Å². The molecule has 0 bridgehead atoms. The minimum atomic E-state index is 0.489. The zero-order valence-electron chi connectivity index (χ0n) is 9.37. The van der Waals surface area contributed by atoms with Crippen LogP contribution in [0.3, 0.4) is 0 Å². The van der Waals surface area contributed by atoms with E-state index in [9.17, 15) is 0 Å². The molecule has 0 amide bonds. The number of hydrogen-bond donors (Lipinski definition) is 1. The summed E-state index contributed by atoms with van der Waals surface area (Å²) in [7, 11) is 1.89. The lowest BCUT2D eigenvalue weighted by molar-refractivity contribution is 0.714. The SMILES string of the molecule is Cc1ccc(Cl)cc1-c1cc(CN)n(C)n1. The molecule has 2 aromatic rings. The van der Waals surface area contributed by atoms with Crippen molar-refractivity contribution >= 4 is 11.6 Å². The summed E-state index contributed by atoms with van der Waals surface area (Å²) in [6.07, 6.45) is 0. The Bertz CT molecular complexity index is 517. The van der Waals surface area contributed by atoms with Crippen molar-refractivity contribution in [2.45, 2.75) is 13.5 Å². The number of hydrogen-bond acceptors (Lipinski definition) is 2. The van der Waals surface area contributed by atoms with E-state index in [0.29, 0.717) is 6.54 Å². The van der Waals surface area contributed by atoms with Gasteiger partial charge in [-0.2, -0.15) is 5.10 Å². The summed E-state index contributed by atoms with van der Waals surface area (Å²) in [6, 6.07) is 7.81. The van der Waals surface area contributed by atoms with Crippen LogP contribution in [0.1, 0.15) is 11.3 Å². The van der Waals surface area contributed by atoms with Crippen molar-refractivity contribution in [2.75, 3.05) is 0 Å². The zero-order valence-corrected chi connectivity index (χ0v) is 10.1. The smallest absolute Gasteiger partial charge is 0.0929 e. The quantitative estimate of drug-likeness (QED) is 0.869. The van der Waals surface area contributed by atoms with Gasteiger partial charge in [-0.15, -0.1) is 0 Å². The minimum Gasteiger partial charge on any atom is -0.325 e. The Kier molecular flexibility index (Phi) is 2.99. The third-order valence-electron chi connectivity index (χ3n) is 2.66. The topological polar surface area (TPSA) is 43.8 Å². The first kappa shape index (κ1) is 11.2. The van der Waals surface area contributed by atoms with Gasteiger partial charge in [0.15, 0.2) is 0 Å². The van der Waals surface area contributed by atoms with Gasteiger partial charge in [0.25, 0.3) is 0 Å². The fourth-order valence-corrected chi connectivity index (χ4v) is 1.87. The first-order chi connectivity index (χ1) is 7.61. The third-order valence-corrected chi connectivity index (χ3v) is 2.90. The molecule has 4 heteroatoms. The maximum atomic E-state index is 5.99. The molecule has 0 aliphatic rings. The summed E-state index contributed by atoms with van der Waals surface area (Å²) in [6.45, 7) is 2.53. The fourth-order valence-electron chi connectivity index (χ4n) is 1.70. The van der Waals surface area contributed by atoms with Gasteiger partial charge in [0.1, 0.15) is 0 Å². The Morgan fingerprint density at radius 1 is 1.38 bits per heavy atom. The average Bonchev–Trinajstić information content (AvgIpc) is 2.63. The van der Waals surface area contributed by atoms with Crippen molar-refractivity contribution < 1.29 is 0 Å². The van der Waals surface area contributed by atoms with E-state index in [2.05, 4.69) is 5.10 Å². The molecule has 2 N–H and O–H groups in total. The van der Waals surface area contributed by atoms with E-state index in [-0.39, 0.29) is 0 Å². The maximum absolute atomic E-state index is 5.99. The minimum absolute atomic E-state index is 0.489. The summed E-state index contributed by atoms with van der Waals surface area (Å²) in [4.78, 5) is 0. The molecule has 0 saturated heterocycles. The zero-order chi connectivity index (χ0) is 11.7. The van der Waals surface area contributed by atoms with Crippen LogP contribution < -0.4 is 5.73 Å².